The molecule has 0 atom stereocenters. The second-order valence-corrected chi connectivity index (χ2v) is 9.57. The van der Waals surface area contributed by atoms with E-state index in [1.807, 2.05) is 31.4 Å². The van der Waals surface area contributed by atoms with Gasteiger partial charge in [-0.25, -0.2) is 12.8 Å². The summed E-state index contributed by atoms with van der Waals surface area (Å²) in [5, 5.41) is 2.10. The summed E-state index contributed by atoms with van der Waals surface area (Å²) in [5.74, 6) is -0.223. The van der Waals surface area contributed by atoms with Gasteiger partial charge in [0.15, 0.2) is 0 Å². The zero-order valence-electron chi connectivity index (χ0n) is 12.9. The van der Waals surface area contributed by atoms with Crippen LogP contribution < -0.4 is 0 Å². The van der Waals surface area contributed by atoms with Crippen LogP contribution in [0.2, 0.25) is 0 Å². The number of thioether (sulfide) groups is 1. The van der Waals surface area contributed by atoms with Crippen LogP contribution in [0.5, 0.6) is 0 Å². The molecule has 0 N–H and O–H groups in total. The van der Waals surface area contributed by atoms with E-state index in [0.29, 0.717) is 0 Å². The van der Waals surface area contributed by atoms with E-state index in [2.05, 4.69) is 4.98 Å². The van der Waals surface area contributed by atoms with Gasteiger partial charge >= 0.3 is 0 Å². The summed E-state index contributed by atoms with van der Waals surface area (Å²) < 4.78 is 44.5. The second-order valence-electron chi connectivity index (χ2n) is 5.21. The minimum absolute atomic E-state index is 0.0134. The molecule has 4 nitrogen and oxygen atoms in total. The van der Waals surface area contributed by atoms with E-state index in [4.69, 9.17) is 4.42 Å². The van der Waals surface area contributed by atoms with Crippen molar-refractivity contribution < 1.29 is 17.2 Å². The van der Waals surface area contributed by atoms with Crippen molar-refractivity contribution in [2.75, 3.05) is 0 Å². The largest absolute Gasteiger partial charge is 0.428 e. The Morgan fingerprint density at radius 3 is 2.50 bits per heavy atom. The Bertz CT molecular complexity index is 930. The zero-order chi connectivity index (χ0) is 17.3. The number of oxazole rings is 1. The lowest BCUT2D eigenvalue weighted by molar-refractivity contribution is 0.470. The molecule has 8 heteroatoms. The molecule has 0 saturated carbocycles. The minimum Gasteiger partial charge on any atom is -0.428 e. The highest BCUT2D eigenvalue weighted by Crippen LogP contribution is 2.37. The van der Waals surface area contributed by atoms with E-state index in [1.165, 1.54) is 35.2 Å². The number of aromatic nitrogens is 1. The topological polar surface area (TPSA) is 60.2 Å². The second kappa shape index (κ2) is 6.70. The summed E-state index contributed by atoms with van der Waals surface area (Å²) in [6, 6.07) is 8.34. The molecule has 2 aromatic heterocycles. The van der Waals surface area contributed by atoms with Gasteiger partial charge in [0, 0.05) is 5.25 Å². The van der Waals surface area contributed by atoms with Gasteiger partial charge in [-0.3, -0.25) is 0 Å². The number of halogens is 1. The molecule has 126 valence electrons. The lowest BCUT2D eigenvalue weighted by Crippen LogP contribution is -2.04. The van der Waals surface area contributed by atoms with Crippen molar-refractivity contribution in [1.82, 2.24) is 4.98 Å². The average Bonchev–Trinajstić information content (AvgIpc) is 3.16. The molecule has 1 aromatic carbocycles. The number of hydrogen-bond donors (Lipinski definition) is 0. The molecule has 0 aliphatic heterocycles. The molecule has 0 spiro atoms. The van der Waals surface area contributed by atoms with Crippen molar-refractivity contribution in [3.05, 3.63) is 47.6 Å². The Morgan fingerprint density at radius 2 is 1.92 bits per heavy atom. The number of benzene rings is 1. The number of sulfone groups is 1. The summed E-state index contributed by atoms with van der Waals surface area (Å²) >= 11 is 2.71. The van der Waals surface area contributed by atoms with Crippen LogP contribution in [-0.2, 0) is 9.84 Å². The quantitative estimate of drug-likeness (QED) is 0.464. The number of thiophene rings is 1. The molecule has 0 amide bonds. The van der Waals surface area contributed by atoms with E-state index in [1.54, 1.807) is 0 Å². The van der Waals surface area contributed by atoms with Crippen LogP contribution in [0.25, 0.3) is 10.8 Å². The molecule has 0 aliphatic carbocycles. The first-order chi connectivity index (χ1) is 11.4. The molecule has 24 heavy (non-hydrogen) atoms. The van der Waals surface area contributed by atoms with Crippen LogP contribution in [0.4, 0.5) is 4.39 Å². The summed E-state index contributed by atoms with van der Waals surface area (Å²) in [6.45, 7) is 3.87. The third-order valence-corrected chi connectivity index (χ3v) is 6.65. The van der Waals surface area contributed by atoms with E-state index in [-0.39, 0.29) is 26.2 Å². The third-order valence-electron chi connectivity index (χ3n) is 3.02. The first-order valence-electron chi connectivity index (χ1n) is 7.10. The highest BCUT2D eigenvalue weighted by Gasteiger charge is 2.29. The van der Waals surface area contributed by atoms with Crippen LogP contribution >= 0.6 is 23.1 Å². The first kappa shape index (κ1) is 17.2. The van der Waals surface area contributed by atoms with E-state index < -0.39 is 15.7 Å². The first-order valence-corrected chi connectivity index (χ1v) is 10.3. The molecule has 0 saturated heterocycles. The van der Waals surface area contributed by atoms with Crippen molar-refractivity contribution in [1.29, 1.82) is 0 Å². The Labute approximate surface area is 147 Å². The smallest absolute Gasteiger partial charge is 0.238 e. The molecule has 0 unspecified atom stereocenters. The molecule has 0 aliphatic rings. The molecule has 0 bridgehead atoms. The number of hydrogen-bond acceptors (Lipinski definition) is 6. The third kappa shape index (κ3) is 3.40. The summed E-state index contributed by atoms with van der Waals surface area (Å²) in [6.07, 6.45) is 0. The van der Waals surface area contributed by atoms with E-state index in [0.717, 1.165) is 17.0 Å². The number of rotatable bonds is 5. The Morgan fingerprint density at radius 1 is 1.21 bits per heavy atom. The van der Waals surface area contributed by atoms with Gasteiger partial charge in [0.25, 0.3) is 0 Å². The molecule has 3 aromatic rings. The van der Waals surface area contributed by atoms with Gasteiger partial charge in [-0.1, -0.05) is 31.7 Å². The highest BCUT2D eigenvalue weighted by molar-refractivity contribution is 8.00. The Balaban J connectivity index is 2.12. The van der Waals surface area contributed by atoms with Crippen molar-refractivity contribution in [3.8, 4) is 10.8 Å². The lowest BCUT2D eigenvalue weighted by Gasteiger charge is -2.05. The van der Waals surface area contributed by atoms with Crippen LogP contribution in [-0.4, -0.2) is 18.7 Å². The summed E-state index contributed by atoms with van der Waals surface area (Å²) in [4.78, 5) is 4.96. The van der Waals surface area contributed by atoms with Crippen LogP contribution in [0.15, 0.2) is 61.2 Å². The summed E-state index contributed by atoms with van der Waals surface area (Å²) in [5.41, 5.74) is 0. The monoisotopic (exact) mass is 383 g/mol. The minimum atomic E-state index is -3.89. The van der Waals surface area contributed by atoms with Gasteiger partial charge in [0.05, 0.1) is 9.77 Å². The molecule has 0 fully saturated rings. The molecular weight excluding hydrogens is 369 g/mol. The maximum absolute atomic E-state index is 13.1. The van der Waals surface area contributed by atoms with Crippen LogP contribution in [0.1, 0.15) is 13.8 Å². The fourth-order valence-corrected chi connectivity index (χ4v) is 4.99. The maximum atomic E-state index is 13.1. The number of nitrogens with zero attached hydrogens (tertiary/aromatic N) is 1. The van der Waals surface area contributed by atoms with Gasteiger partial charge in [-0.05, 0) is 35.7 Å². The van der Waals surface area contributed by atoms with E-state index >= 15 is 0 Å². The van der Waals surface area contributed by atoms with E-state index in [9.17, 15) is 12.8 Å². The van der Waals surface area contributed by atoms with Gasteiger partial charge in [0.1, 0.15) is 5.82 Å². The van der Waals surface area contributed by atoms with Crippen molar-refractivity contribution in [2.45, 2.75) is 34.1 Å². The van der Waals surface area contributed by atoms with Gasteiger partial charge in [-0.2, -0.15) is 4.98 Å². The molecule has 3 rings (SSSR count). The van der Waals surface area contributed by atoms with Crippen LogP contribution in [0, 0.1) is 5.82 Å². The van der Waals surface area contributed by atoms with Crippen molar-refractivity contribution in [2.24, 2.45) is 0 Å². The standard InChI is InChI=1S/C16H14FNO3S3/c1-10(2)23-16-15(18-14(21-16)13-4-3-9-22-13)24(19,20)12-7-5-11(17)6-8-12/h3-10H,1-2H3. The van der Waals surface area contributed by atoms with Gasteiger partial charge in [0.2, 0.25) is 25.8 Å². The Kier molecular flexibility index (Phi) is 4.80. The lowest BCUT2D eigenvalue weighted by atomic mass is 10.4. The summed E-state index contributed by atoms with van der Waals surface area (Å²) in [7, 11) is -3.89. The van der Waals surface area contributed by atoms with Crippen molar-refractivity contribution >= 4 is 32.9 Å². The molecular formula is C16H14FNO3S3. The van der Waals surface area contributed by atoms with Gasteiger partial charge < -0.3 is 4.42 Å². The molecule has 2 heterocycles. The molecule has 0 radical (unpaired) electrons. The zero-order valence-corrected chi connectivity index (χ0v) is 15.3. The Hall–Kier alpha value is -1.64. The fraction of sp³-hybridized carbons (Fsp3) is 0.188. The predicted molar refractivity (Wildman–Crippen MR) is 92.7 cm³/mol. The highest BCUT2D eigenvalue weighted by atomic mass is 32.2. The average molecular weight is 383 g/mol. The van der Waals surface area contributed by atoms with Gasteiger partial charge in [-0.15, -0.1) is 11.3 Å². The van der Waals surface area contributed by atoms with Crippen molar-refractivity contribution in [3.63, 3.8) is 0 Å². The SMILES string of the molecule is CC(C)Sc1oc(-c2cccs2)nc1S(=O)(=O)c1ccc(F)cc1. The predicted octanol–water partition coefficient (Wildman–Crippen LogP) is 4.88. The fourth-order valence-electron chi connectivity index (χ4n) is 1.98. The van der Waals surface area contributed by atoms with Crippen LogP contribution in [0.3, 0.4) is 0 Å². The normalized spacial score (nSPS) is 12.0. The maximum Gasteiger partial charge on any atom is 0.238 e.